The molecule has 18 heavy (non-hydrogen) atoms. The van der Waals surface area contributed by atoms with Crippen molar-refractivity contribution in [3.63, 3.8) is 0 Å². The minimum atomic E-state index is -0.304. The summed E-state index contributed by atoms with van der Waals surface area (Å²) < 4.78 is 5.65. The van der Waals surface area contributed by atoms with Crippen molar-refractivity contribution in [2.75, 3.05) is 20.7 Å². The molecule has 0 bridgehead atoms. The highest BCUT2D eigenvalue weighted by Gasteiger charge is 2.09. The molecule has 0 spiro atoms. The summed E-state index contributed by atoms with van der Waals surface area (Å²) in [5.74, 6) is -0.304. The third-order valence-corrected chi connectivity index (χ3v) is 3.55. The van der Waals surface area contributed by atoms with Crippen LogP contribution in [0.2, 0.25) is 0 Å². The fourth-order valence-electron chi connectivity index (χ4n) is 1.72. The fraction of sp³-hybridized carbons (Fsp3) is 0.500. The van der Waals surface area contributed by atoms with Gasteiger partial charge in [0.1, 0.15) is 0 Å². The van der Waals surface area contributed by atoms with E-state index in [-0.39, 0.29) is 5.97 Å². The highest BCUT2D eigenvalue weighted by molar-refractivity contribution is 9.10. The number of esters is 1. The Bertz CT molecular complexity index is 407. The van der Waals surface area contributed by atoms with Gasteiger partial charge in [0.2, 0.25) is 0 Å². The van der Waals surface area contributed by atoms with Gasteiger partial charge in [0.15, 0.2) is 0 Å². The first-order chi connectivity index (χ1) is 8.58. The largest absolute Gasteiger partial charge is 0.465 e. The topological polar surface area (TPSA) is 29.5 Å². The number of methoxy groups -OCH3 is 1. The molecule has 0 radical (unpaired) electrons. The Balaban J connectivity index is 2.70. The van der Waals surface area contributed by atoms with Gasteiger partial charge in [-0.1, -0.05) is 35.3 Å². The van der Waals surface area contributed by atoms with Crippen molar-refractivity contribution in [2.24, 2.45) is 0 Å². The Hall–Kier alpha value is -0.870. The van der Waals surface area contributed by atoms with Crippen molar-refractivity contribution < 1.29 is 9.53 Å². The van der Waals surface area contributed by atoms with Crippen LogP contribution in [0.3, 0.4) is 0 Å². The lowest BCUT2D eigenvalue weighted by Crippen LogP contribution is -2.19. The van der Waals surface area contributed by atoms with E-state index in [0.717, 1.165) is 17.6 Å². The second kappa shape index (κ2) is 7.54. The molecule has 0 saturated heterocycles. The summed E-state index contributed by atoms with van der Waals surface area (Å²) in [6, 6.07) is 5.59. The number of hydrogen-bond donors (Lipinski definition) is 0. The number of unbranched alkanes of at least 4 members (excludes halogenated alkanes) is 1. The molecule has 0 amide bonds. The first-order valence-electron chi connectivity index (χ1n) is 6.13. The smallest absolute Gasteiger partial charge is 0.337 e. The van der Waals surface area contributed by atoms with Crippen LogP contribution in [0.1, 0.15) is 35.7 Å². The van der Waals surface area contributed by atoms with Crippen LogP contribution in [0.4, 0.5) is 0 Å². The van der Waals surface area contributed by atoms with E-state index in [2.05, 4.69) is 34.8 Å². The number of rotatable bonds is 6. The second-order valence-electron chi connectivity index (χ2n) is 4.39. The minimum absolute atomic E-state index is 0.304. The Labute approximate surface area is 117 Å². The molecular weight excluding hydrogens is 294 g/mol. The van der Waals surface area contributed by atoms with E-state index >= 15 is 0 Å². The van der Waals surface area contributed by atoms with Gasteiger partial charge in [0.05, 0.1) is 12.7 Å². The van der Waals surface area contributed by atoms with E-state index in [0.29, 0.717) is 5.56 Å². The van der Waals surface area contributed by atoms with Gasteiger partial charge in [0.25, 0.3) is 0 Å². The van der Waals surface area contributed by atoms with Crippen molar-refractivity contribution >= 4 is 21.9 Å². The Kier molecular flexibility index (Phi) is 6.36. The molecule has 0 saturated carbocycles. The Morgan fingerprint density at radius 2 is 2.17 bits per heavy atom. The van der Waals surface area contributed by atoms with Gasteiger partial charge in [-0.3, -0.25) is 0 Å². The summed E-state index contributed by atoms with van der Waals surface area (Å²) in [6.45, 7) is 4.15. The Morgan fingerprint density at radius 1 is 1.44 bits per heavy atom. The SMILES string of the molecule is CCCCN(C)Cc1ccc(C(=O)OC)cc1Br. The second-order valence-corrected chi connectivity index (χ2v) is 5.24. The average molecular weight is 314 g/mol. The lowest BCUT2D eigenvalue weighted by molar-refractivity contribution is 0.0600. The minimum Gasteiger partial charge on any atom is -0.465 e. The molecule has 0 unspecified atom stereocenters. The van der Waals surface area contributed by atoms with E-state index in [1.165, 1.54) is 25.5 Å². The van der Waals surface area contributed by atoms with Crippen LogP contribution in [0.15, 0.2) is 22.7 Å². The maximum Gasteiger partial charge on any atom is 0.337 e. The third-order valence-electron chi connectivity index (χ3n) is 2.81. The summed E-state index contributed by atoms with van der Waals surface area (Å²) >= 11 is 3.51. The van der Waals surface area contributed by atoms with Crippen molar-refractivity contribution in [3.05, 3.63) is 33.8 Å². The fourth-order valence-corrected chi connectivity index (χ4v) is 2.22. The molecule has 3 nitrogen and oxygen atoms in total. The molecule has 4 heteroatoms. The van der Waals surface area contributed by atoms with E-state index in [1.54, 1.807) is 6.07 Å². The Morgan fingerprint density at radius 3 is 2.72 bits per heavy atom. The zero-order valence-corrected chi connectivity index (χ0v) is 12.8. The van der Waals surface area contributed by atoms with Gasteiger partial charge < -0.3 is 9.64 Å². The van der Waals surface area contributed by atoms with Gasteiger partial charge in [-0.25, -0.2) is 4.79 Å². The van der Waals surface area contributed by atoms with Crippen LogP contribution in [0.25, 0.3) is 0 Å². The number of carbonyl (C=O) groups is 1. The molecule has 0 aliphatic carbocycles. The molecule has 0 aliphatic heterocycles. The quantitative estimate of drug-likeness (QED) is 0.753. The standard InChI is InChI=1S/C14H20BrNO2/c1-4-5-8-16(2)10-12-7-6-11(9-13(12)15)14(17)18-3/h6-7,9H,4-5,8,10H2,1-3H3. The predicted octanol–water partition coefficient (Wildman–Crippen LogP) is 3.47. The van der Waals surface area contributed by atoms with Gasteiger partial charge in [-0.2, -0.15) is 0 Å². The van der Waals surface area contributed by atoms with Crippen LogP contribution < -0.4 is 0 Å². The highest BCUT2D eigenvalue weighted by Crippen LogP contribution is 2.20. The van der Waals surface area contributed by atoms with Crippen molar-refractivity contribution in [3.8, 4) is 0 Å². The maximum absolute atomic E-state index is 11.4. The monoisotopic (exact) mass is 313 g/mol. The molecule has 1 aromatic carbocycles. The van der Waals surface area contributed by atoms with Crippen LogP contribution in [0, 0.1) is 0 Å². The molecule has 0 heterocycles. The van der Waals surface area contributed by atoms with Gasteiger partial charge in [0, 0.05) is 11.0 Å². The zero-order valence-electron chi connectivity index (χ0n) is 11.2. The van der Waals surface area contributed by atoms with Crippen molar-refractivity contribution in [2.45, 2.75) is 26.3 Å². The summed E-state index contributed by atoms with van der Waals surface area (Å²) in [5, 5.41) is 0. The van der Waals surface area contributed by atoms with Crippen LogP contribution in [0.5, 0.6) is 0 Å². The molecule has 0 atom stereocenters. The molecule has 0 N–H and O–H groups in total. The molecular formula is C14H20BrNO2. The normalized spacial score (nSPS) is 10.7. The zero-order chi connectivity index (χ0) is 13.5. The van der Waals surface area contributed by atoms with Gasteiger partial charge in [-0.15, -0.1) is 0 Å². The van der Waals surface area contributed by atoms with Crippen molar-refractivity contribution in [1.82, 2.24) is 4.90 Å². The third kappa shape index (κ3) is 4.42. The van der Waals surface area contributed by atoms with Crippen molar-refractivity contribution in [1.29, 1.82) is 0 Å². The van der Waals surface area contributed by atoms with Gasteiger partial charge in [-0.05, 0) is 37.7 Å². The highest BCUT2D eigenvalue weighted by atomic mass is 79.9. The van der Waals surface area contributed by atoms with E-state index in [4.69, 9.17) is 4.74 Å². The first kappa shape index (κ1) is 15.2. The predicted molar refractivity (Wildman–Crippen MR) is 76.7 cm³/mol. The number of halogens is 1. The summed E-state index contributed by atoms with van der Waals surface area (Å²) in [4.78, 5) is 13.7. The maximum atomic E-state index is 11.4. The summed E-state index contributed by atoms with van der Waals surface area (Å²) in [5.41, 5.74) is 1.76. The van der Waals surface area contributed by atoms with Crippen LogP contribution in [-0.2, 0) is 11.3 Å². The number of carbonyl (C=O) groups excluding carboxylic acids is 1. The lowest BCUT2D eigenvalue weighted by atomic mass is 10.1. The van der Waals surface area contributed by atoms with Crippen LogP contribution >= 0.6 is 15.9 Å². The van der Waals surface area contributed by atoms with E-state index in [9.17, 15) is 4.79 Å². The number of benzene rings is 1. The average Bonchev–Trinajstić information content (AvgIpc) is 2.37. The molecule has 1 rings (SSSR count). The van der Waals surface area contributed by atoms with E-state index < -0.39 is 0 Å². The number of nitrogens with zero attached hydrogens (tertiary/aromatic N) is 1. The first-order valence-corrected chi connectivity index (χ1v) is 6.93. The van der Waals surface area contributed by atoms with Crippen LogP contribution in [-0.4, -0.2) is 31.6 Å². The molecule has 100 valence electrons. The lowest BCUT2D eigenvalue weighted by Gasteiger charge is -2.17. The molecule has 0 aromatic heterocycles. The molecule has 1 aromatic rings. The van der Waals surface area contributed by atoms with Gasteiger partial charge >= 0.3 is 5.97 Å². The summed E-state index contributed by atoms with van der Waals surface area (Å²) in [6.07, 6.45) is 2.40. The molecule has 0 aliphatic rings. The number of hydrogen-bond acceptors (Lipinski definition) is 3. The number of ether oxygens (including phenoxy) is 1. The molecule has 0 fully saturated rings. The summed E-state index contributed by atoms with van der Waals surface area (Å²) in [7, 11) is 3.50. The van der Waals surface area contributed by atoms with E-state index in [1.807, 2.05) is 12.1 Å².